The molecule has 0 saturated heterocycles. The maximum absolute atomic E-state index is 11.4. The van der Waals surface area contributed by atoms with Gasteiger partial charge in [0.2, 0.25) is 10.0 Å². The van der Waals surface area contributed by atoms with E-state index in [-0.39, 0.29) is 10.6 Å². The highest BCUT2D eigenvalue weighted by Crippen LogP contribution is 2.35. The normalized spacial score (nSPS) is 11.5. The molecule has 2 aromatic rings. The van der Waals surface area contributed by atoms with Crippen molar-refractivity contribution in [2.24, 2.45) is 5.14 Å². The van der Waals surface area contributed by atoms with Crippen LogP contribution >= 0.6 is 23.4 Å². The molecule has 0 fully saturated rings. The molecule has 0 radical (unpaired) electrons. The van der Waals surface area contributed by atoms with E-state index < -0.39 is 10.0 Å². The van der Waals surface area contributed by atoms with E-state index >= 15 is 0 Å². The van der Waals surface area contributed by atoms with Gasteiger partial charge < -0.3 is 5.73 Å². The van der Waals surface area contributed by atoms with E-state index in [1.54, 1.807) is 24.3 Å². The van der Waals surface area contributed by atoms with E-state index in [4.69, 9.17) is 22.5 Å². The molecule has 0 bridgehead atoms. The summed E-state index contributed by atoms with van der Waals surface area (Å²) in [7, 11) is -3.82. The topological polar surface area (TPSA) is 86.2 Å². The van der Waals surface area contributed by atoms with E-state index in [2.05, 4.69) is 0 Å². The van der Waals surface area contributed by atoms with Gasteiger partial charge in [0.05, 0.1) is 5.69 Å². The number of sulfonamides is 1. The highest BCUT2D eigenvalue weighted by atomic mass is 35.5. The summed E-state index contributed by atoms with van der Waals surface area (Å²) in [6.07, 6.45) is 0. The second-order valence-corrected chi connectivity index (χ2v) is 6.85. The second kappa shape index (κ2) is 5.42. The summed E-state index contributed by atoms with van der Waals surface area (Å²) in [5.74, 6) is 0. The van der Waals surface area contributed by atoms with Crippen molar-refractivity contribution in [1.29, 1.82) is 0 Å². The summed E-state index contributed by atoms with van der Waals surface area (Å²) >= 11 is 7.22. The molecule has 2 aromatic carbocycles. The molecular formula is C12H11ClN2O2S2. The lowest BCUT2D eigenvalue weighted by Crippen LogP contribution is -2.14. The zero-order chi connectivity index (χ0) is 14.0. The van der Waals surface area contributed by atoms with Crippen LogP contribution < -0.4 is 10.9 Å². The lowest BCUT2D eigenvalue weighted by molar-refractivity contribution is 0.598. The fourth-order valence-corrected chi connectivity index (χ4v) is 3.48. The maximum Gasteiger partial charge on any atom is 0.240 e. The van der Waals surface area contributed by atoms with Crippen molar-refractivity contribution in [3.05, 3.63) is 47.5 Å². The molecule has 0 saturated carbocycles. The van der Waals surface area contributed by atoms with Crippen LogP contribution in [0, 0.1) is 0 Å². The number of para-hydroxylation sites is 1. The molecule has 4 nitrogen and oxygen atoms in total. The number of halogens is 1. The van der Waals surface area contributed by atoms with E-state index in [1.165, 1.54) is 17.8 Å². The first kappa shape index (κ1) is 14.2. The number of hydrogen-bond donors (Lipinski definition) is 2. The molecule has 0 aliphatic heterocycles. The lowest BCUT2D eigenvalue weighted by Gasteiger charge is -2.09. The van der Waals surface area contributed by atoms with Crippen molar-refractivity contribution in [3.8, 4) is 0 Å². The minimum absolute atomic E-state index is 0.0699. The van der Waals surface area contributed by atoms with Crippen molar-refractivity contribution in [3.63, 3.8) is 0 Å². The molecule has 19 heavy (non-hydrogen) atoms. The molecule has 2 rings (SSSR count). The standard InChI is InChI=1S/C12H11ClN2O2S2/c13-8-3-1-4-9(7-8)18-10-5-2-6-11(12(10)14)19(15,16)17/h1-7H,14H2,(H2,15,16,17). The van der Waals surface area contributed by atoms with Crippen LogP contribution in [0.3, 0.4) is 0 Å². The fourth-order valence-electron chi connectivity index (χ4n) is 1.52. The van der Waals surface area contributed by atoms with Gasteiger partial charge in [0.1, 0.15) is 4.90 Å². The number of nitrogens with two attached hydrogens (primary N) is 2. The Hall–Kier alpha value is -1.21. The number of primary sulfonamides is 1. The first-order valence-corrected chi connectivity index (χ1v) is 7.97. The smallest absolute Gasteiger partial charge is 0.240 e. The summed E-state index contributed by atoms with van der Waals surface area (Å²) in [5, 5.41) is 5.71. The minimum Gasteiger partial charge on any atom is -0.397 e. The maximum atomic E-state index is 11.4. The summed E-state index contributed by atoms with van der Waals surface area (Å²) in [6.45, 7) is 0. The summed E-state index contributed by atoms with van der Waals surface area (Å²) in [4.78, 5) is 1.42. The molecule has 0 atom stereocenters. The van der Waals surface area contributed by atoms with Crippen LogP contribution in [0.15, 0.2) is 57.2 Å². The molecule has 7 heteroatoms. The van der Waals surface area contributed by atoms with Gasteiger partial charge in [-0.15, -0.1) is 0 Å². The largest absolute Gasteiger partial charge is 0.397 e. The molecule has 0 heterocycles. The Morgan fingerprint density at radius 1 is 1.11 bits per heavy atom. The van der Waals surface area contributed by atoms with E-state index in [9.17, 15) is 8.42 Å². The monoisotopic (exact) mass is 314 g/mol. The Morgan fingerprint density at radius 2 is 1.79 bits per heavy atom. The van der Waals surface area contributed by atoms with Crippen LogP contribution in [0.4, 0.5) is 5.69 Å². The Morgan fingerprint density at radius 3 is 2.42 bits per heavy atom. The number of nitrogen functional groups attached to an aromatic ring is 1. The summed E-state index contributed by atoms with van der Waals surface area (Å²) < 4.78 is 22.8. The number of benzene rings is 2. The third-order valence-corrected chi connectivity index (χ3v) is 4.63. The molecule has 4 N–H and O–H groups in total. The van der Waals surface area contributed by atoms with Crippen LogP contribution in [0.5, 0.6) is 0 Å². The number of rotatable bonds is 3. The molecule has 0 aliphatic rings. The van der Waals surface area contributed by atoms with Crippen LogP contribution in [0.1, 0.15) is 0 Å². The quantitative estimate of drug-likeness (QED) is 0.853. The average molecular weight is 315 g/mol. The van der Waals surface area contributed by atoms with E-state index in [0.29, 0.717) is 9.92 Å². The average Bonchev–Trinajstić information content (AvgIpc) is 2.30. The Balaban J connectivity index is 2.42. The van der Waals surface area contributed by atoms with Gasteiger partial charge in [0, 0.05) is 14.8 Å². The van der Waals surface area contributed by atoms with Gasteiger partial charge in [-0.3, -0.25) is 0 Å². The van der Waals surface area contributed by atoms with Crippen molar-refractivity contribution >= 4 is 39.1 Å². The van der Waals surface area contributed by atoms with Crippen molar-refractivity contribution in [2.75, 3.05) is 5.73 Å². The molecule has 0 unspecified atom stereocenters. The Bertz CT molecular complexity index is 717. The van der Waals surface area contributed by atoms with Crippen LogP contribution in [-0.2, 0) is 10.0 Å². The van der Waals surface area contributed by atoms with Gasteiger partial charge in [0.25, 0.3) is 0 Å². The minimum atomic E-state index is -3.82. The first-order chi connectivity index (χ1) is 8.88. The van der Waals surface area contributed by atoms with E-state index in [0.717, 1.165) is 4.90 Å². The SMILES string of the molecule is Nc1c(Sc2cccc(Cl)c2)cccc1S(N)(=O)=O. The highest BCUT2D eigenvalue weighted by Gasteiger charge is 2.15. The van der Waals surface area contributed by atoms with Crippen molar-refractivity contribution in [2.45, 2.75) is 14.7 Å². The first-order valence-electron chi connectivity index (χ1n) is 5.22. The summed E-state index contributed by atoms with van der Waals surface area (Å²) in [5.41, 5.74) is 5.99. The van der Waals surface area contributed by atoms with Gasteiger partial charge in [-0.1, -0.05) is 35.5 Å². The zero-order valence-electron chi connectivity index (χ0n) is 9.71. The van der Waals surface area contributed by atoms with Crippen LogP contribution in [0.2, 0.25) is 5.02 Å². The van der Waals surface area contributed by atoms with E-state index in [1.807, 2.05) is 12.1 Å². The number of anilines is 1. The predicted molar refractivity (Wildman–Crippen MR) is 77.8 cm³/mol. The molecule has 0 aromatic heterocycles. The van der Waals surface area contributed by atoms with Crippen molar-refractivity contribution in [1.82, 2.24) is 0 Å². The highest BCUT2D eigenvalue weighted by molar-refractivity contribution is 7.99. The number of hydrogen-bond acceptors (Lipinski definition) is 4. The van der Waals surface area contributed by atoms with Crippen molar-refractivity contribution < 1.29 is 8.42 Å². The zero-order valence-corrected chi connectivity index (χ0v) is 12.1. The van der Waals surface area contributed by atoms with Crippen LogP contribution in [0.25, 0.3) is 0 Å². The molecule has 0 aliphatic carbocycles. The Kier molecular flexibility index (Phi) is 4.05. The lowest BCUT2D eigenvalue weighted by atomic mass is 10.3. The van der Waals surface area contributed by atoms with Gasteiger partial charge >= 0.3 is 0 Å². The van der Waals surface area contributed by atoms with Gasteiger partial charge in [-0.2, -0.15) is 0 Å². The molecule has 0 spiro atoms. The molecule has 0 amide bonds. The molecule has 100 valence electrons. The third kappa shape index (κ3) is 3.42. The second-order valence-electron chi connectivity index (χ2n) is 3.77. The van der Waals surface area contributed by atoms with Crippen LogP contribution in [-0.4, -0.2) is 8.42 Å². The molecular weight excluding hydrogens is 304 g/mol. The Labute approximate surface area is 120 Å². The van der Waals surface area contributed by atoms with Gasteiger partial charge in [0.15, 0.2) is 0 Å². The predicted octanol–water partition coefficient (Wildman–Crippen LogP) is 2.72. The fraction of sp³-hybridized carbons (Fsp3) is 0. The van der Waals surface area contributed by atoms with Gasteiger partial charge in [-0.05, 0) is 30.3 Å². The third-order valence-electron chi connectivity index (χ3n) is 2.36. The summed E-state index contributed by atoms with van der Waals surface area (Å²) in [6, 6.07) is 11.9. The van der Waals surface area contributed by atoms with Gasteiger partial charge in [-0.25, -0.2) is 13.6 Å².